The number of allylic oxidation sites excluding steroid dienone is 2. The smallest absolute Gasteiger partial charge is 0.250 e. The number of nitrogens with zero attached hydrogens (tertiary/aromatic N) is 1. The van der Waals surface area contributed by atoms with Gasteiger partial charge < -0.3 is 10.1 Å². The van der Waals surface area contributed by atoms with Crippen molar-refractivity contribution >= 4 is 17.8 Å². The molecule has 1 amide bonds. The molecule has 0 aromatic heterocycles. The summed E-state index contributed by atoms with van der Waals surface area (Å²) >= 11 is 0. The summed E-state index contributed by atoms with van der Waals surface area (Å²) in [5.41, 5.74) is 7.15. The first-order chi connectivity index (χ1) is 14.1. The SMILES string of the molecule is COCC(=O)Nc1ccc(CC(C2=CCCCC=N2)c2cccc(C)c2C)cc1. The molecule has 4 nitrogen and oxygen atoms in total. The van der Waals surface area contributed by atoms with Crippen LogP contribution in [0.2, 0.25) is 0 Å². The topological polar surface area (TPSA) is 50.7 Å². The van der Waals surface area contributed by atoms with Crippen molar-refractivity contribution in [2.45, 2.75) is 45.4 Å². The quantitative estimate of drug-likeness (QED) is 0.692. The van der Waals surface area contributed by atoms with Gasteiger partial charge in [0, 0.05) is 30.6 Å². The largest absolute Gasteiger partial charge is 0.375 e. The number of aryl methyl sites for hydroxylation is 1. The van der Waals surface area contributed by atoms with E-state index < -0.39 is 0 Å². The molecule has 1 unspecified atom stereocenters. The Balaban J connectivity index is 1.86. The molecule has 1 aliphatic heterocycles. The van der Waals surface area contributed by atoms with Gasteiger partial charge in [0.2, 0.25) is 5.91 Å². The van der Waals surface area contributed by atoms with Crippen LogP contribution in [-0.4, -0.2) is 25.8 Å². The molecular weight excluding hydrogens is 360 g/mol. The number of carbonyl (C=O) groups excluding carboxylic acids is 1. The lowest BCUT2D eigenvalue weighted by atomic mass is 9.85. The summed E-state index contributed by atoms with van der Waals surface area (Å²) in [5, 5.41) is 2.84. The fraction of sp³-hybridized carbons (Fsp3) is 0.360. The van der Waals surface area contributed by atoms with Crippen LogP contribution in [0.25, 0.3) is 0 Å². The van der Waals surface area contributed by atoms with Crippen LogP contribution in [0.15, 0.2) is 59.2 Å². The molecule has 4 heteroatoms. The molecular formula is C25H30N2O2. The summed E-state index contributed by atoms with van der Waals surface area (Å²) in [6, 6.07) is 14.6. The summed E-state index contributed by atoms with van der Waals surface area (Å²) in [4.78, 5) is 16.5. The highest BCUT2D eigenvalue weighted by Crippen LogP contribution is 2.34. The van der Waals surface area contributed by atoms with Gasteiger partial charge >= 0.3 is 0 Å². The number of methoxy groups -OCH3 is 1. The molecule has 2 aromatic carbocycles. The van der Waals surface area contributed by atoms with Crippen molar-refractivity contribution in [3.05, 3.63) is 76.5 Å². The number of amides is 1. The number of hydrogen-bond acceptors (Lipinski definition) is 3. The Morgan fingerprint density at radius 3 is 2.69 bits per heavy atom. The number of ether oxygens (including phenoxy) is 1. The Bertz CT molecular complexity index is 898. The van der Waals surface area contributed by atoms with E-state index in [9.17, 15) is 4.79 Å². The van der Waals surface area contributed by atoms with Gasteiger partial charge in [-0.05, 0) is 73.9 Å². The molecule has 0 radical (unpaired) electrons. The van der Waals surface area contributed by atoms with E-state index in [0.717, 1.165) is 37.1 Å². The minimum atomic E-state index is -0.147. The zero-order chi connectivity index (χ0) is 20.6. The van der Waals surface area contributed by atoms with Gasteiger partial charge in [0.15, 0.2) is 0 Å². The van der Waals surface area contributed by atoms with Gasteiger partial charge in [-0.2, -0.15) is 0 Å². The van der Waals surface area contributed by atoms with E-state index in [4.69, 9.17) is 9.73 Å². The second-order valence-corrected chi connectivity index (χ2v) is 7.60. The molecule has 0 fully saturated rings. The molecule has 1 atom stereocenters. The monoisotopic (exact) mass is 390 g/mol. The van der Waals surface area contributed by atoms with E-state index in [2.05, 4.69) is 61.8 Å². The highest BCUT2D eigenvalue weighted by molar-refractivity contribution is 5.91. The van der Waals surface area contributed by atoms with Crippen molar-refractivity contribution in [2.24, 2.45) is 4.99 Å². The molecule has 0 saturated carbocycles. The van der Waals surface area contributed by atoms with Gasteiger partial charge in [-0.1, -0.05) is 36.4 Å². The van der Waals surface area contributed by atoms with E-state index in [1.54, 1.807) is 0 Å². The second-order valence-electron chi connectivity index (χ2n) is 7.60. The Labute approximate surface area is 173 Å². The lowest BCUT2D eigenvalue weighted by Crippen LogP contribution is -2.17. The normalized spacial score (nSPS) is 14.8. The predicted molar refractivity (Wildman–Crippen MR) is 120 cm³/mol. The minimum absolute atomic E-state index is 0.0582. The van der Waals surface area contributed by atoms with Crippen molar-refractivity contribution in [1.29, 1.82) is 0 Å². The molecule has 152 valence electrons. The number of benzene rings is 2. The minimum Gasteiger partial charge on any atom is -0.375 e. The summed E-state index contributed by atoms with van der Waals surface area (Å²) in [7, 11) is 1.51. The number of anilines is 1. The van der Waals surface area contributed by atoms with Crippen molar-refractivity contribution in [2.75, 3.05) is 19.0 Å². The number of nitrogens with one attached hydrogen (secondary N) is 1. The summed E-state index contributed by atoms with van der Waals surface area (Å²) < 4.78 is 4.87. The highest BCUT2D eigenvalue weighted by atomic mass is 16.5. The molecule has 2 aromatic rings. The number of hydrogen-bond donors (Lipinski definition) is 1. The van der Waals surface area contributed by atoms with Gasteiger partial charge in [-0.25, -0.2) is 0 Å². The van der Waals surface area contributed by atoms with E-state index >= 15 is 0 Å². The molecule has 0 bridgehead atoms. The van der Waals surface area contributed by atoms with Crippen LogP contribution in [0.4, 0.5) is 5.69 Å². The van der Waals surface area contributed by atoms with E-state index in [1.807, 2.05) is 12.1 Å². The van der Waals surface area contributed by atoms with E-state index in [1.165, 1.54) is 29.4 Å². The zero-order valence-corrected chi connectivity index (χ0v) is 17.6. The molecule has 0 saturated heterocycles. The number of aliphatic imine (C=N–C) groups is 1. The van der Waals surface area contributed by atoms with Crippen LogP contribution in [0, 0.1) is 13.8 Å². The molecule has 0 aliphatic carbocycles. The van der Waals surface area contributed by atoms with Crippen LogP contribution in [0.5, 0.6) is 0 Å². The van der Waals surface area contributed by atoms with Gasteiger partial charge in [-0.3, -0.25) is 9.79 Å². The second kappa shape index (κ2) is 10.2. The summed E-state index contributed by atoms with van der Waals surface area (Å²) in [6.07, 6.45) is 8.50. The molecule has 3 rings (SSSR count). The maximum atomic E-state index is 11.7. The third kappa shape index (κ3) is 5.64. The van der Waals surface area contributed by atoms with Crippen LogP contribution >= 0.6 is 0 Å². The Kier molecular flexibility index (Phi) is 7.36. The van der Waals surface area contributed by atoms with Crippen molar-refractivity contribution in [1.82, 2.24) is 0 Å². The Morgan fingerprint density at radius 1 is 1.14 bits per heavy atom. The van der Waals surface area contributed by atoms with Crippen LogP contribution in [0.1, 0.15) is 47.4 Å². The third-order valence-electron chi connectivity index (χ3n) is 5.46. The lowest BCUT2D eigenvalue weighted by molar-refractivity contribution is -0.119. The highest BCUT2D eigenvalue weighted by Gasteiger charge is 2.20. The van der Waals surface area contributed by atoms with Crippen molar-refractivity contribution in [3.63, 3.8) is 0 Å². The molecule has 0 spiro atoms. The van der Waals surface area contributed by atoms with Crippen molar-refractivity contribution in [3.8, 4) is 0 Å². The number of rotatable bonds is 7. The zero-order valence-electron chi connectivity index (χ0n) is 17.6. The first-order valence-electron chi connectivity index (χ1n) is 10.2. The fourth-order valence-electron chi connectivity index (χ4n) is 3.73. The van der Waals surface area contributed by atoms with E-state index in [0.29, 0.717) is 0 Å². The van der Waals surface area contributed by atoms with Crippen LogP contribution in [-0.2, 0) is 16.0 Å². The summed E-state index contributed by atoms with van der Waals surface area (Å²) in [6.45, 7) is 4.42. The maximum Gasteiger partial charge on any atom is 0.250 e. The van der Waals surface area contributed by atoms with Gasteiger partial charge in [0.05, 0.1) is 0 Å². The first-order valence-corrected chi connectivity index (χ1v) is 10.2. The fourth-order valence-corrected chi connectivity index (χ4v) is 3.73. The molecule has 1 heterocycles. The van der Waals surface area contributed by atoms with Crippen LogP contribution < -0.4 is 5.32 Å². The standard InChI is InChI=1S/C25H30N2O2/c1-18-8-7-9-22(19(18)2)23(24-10-5-4-6-15-26-24)16-20-11-13-21(14-12-20)27-25(28)17-29-3/h7-15,23H,4-6,16-17H2,1-3H3,(H,27,28). The predicted octanol–water partition coefficient (Wildman–Crippen LogP) is 5.35. The first kappa shape index (κ1) is 21.0. The van der Waals surface area contributed by atoms with Gasteiger partial charge in [0.1, 0.15) is 6.61 Å². The maximum absolute atomic E-state index is 11.7. The van der Waals surface area contributed by atoms with Gasteiger partial charge in [-0.15, -0.1) is 0 Å². The van der Waals surface area contributed by atoms with Crippen LogP contribution in [0.3, 0.4) is 0 Å². The average molecular weight is 391 g/mol. The number of carbonyl (C=O) groups is 1. The van der Waals surface area contributed by atoms with E-state index in [-0.39, 0.29) is 18.4 Å². The van der Waals surface area contributed by atoms with Gasteiger partial charge in [0.25, 0.3) is 0 Å². The molecule has 1 aliphatic rings. The van der Waals surface area contributed by atoms with Crippen molar-refractivity contribution < 1.29 is 9.53 Å². The Hall–Kier alpha value is -2.72. The third-order valence-corrected chi connectivity index (χ3v) is 5.46. The molecule has 1 N–H and O–H groups in total. The summed E-state index contributed by atoms with van der Waals surface area (Å²) in [5.74, 6) is 0.0737. The molecule has 29 heavy (non-hydrogen) atoms. The lowest BCUT2D eigenvalue weighted by Gasteiger charge is -2.22. The average Bonchev–Trinajstić information content (AvgIpc) is 2.99. The Morgan fingerprint density at radius 2 is 1.93 bits per heavy atom.